The fourth-order valence-electron chi connectivity index (χ4n) is 4.10. The maximum absolute atomic E-state index is 12.7. The predicted molar refractivity (Wildman–Crippen MR) is 142 cm³/mol. The van der Waals surface area contributed by atoms with Crippen molar-refractivity contribution in [3.8, 4) is 18.1 Å². The number of terminal acetylenes is 1. The summed E-state index contributed by atoms with van der Waals surface area (Å²) in [6.07, 6.45) is 5.92. The molecule has 2 aromatic carbocycles. The van der Waals surface area contributed by atoms with Gasteiger partial charge in [0.05, 0.1) is 24.3 Å². The van der Waals surface area contributed by atoms with Gasteiger partial charge in [-0.2, -0.15) is 0 Å². The van der Waals surface area contributed by atoms with Crippen LogP contribution in [-0.2, 0) is 5.41 Å². The molecule has 0 aliphatic carbocycles. The van der Waals surface area contributed by atoms with E-state index in [9.17, 15) is 4.79 Å². The Morgan fingerprint density at radius 3 is 2.51 bits per heavy atom. The van der Waals surface area contributed by atoms with Crippen LogP contribution in [-0.4, -0.2) is 44.3 Å². The van der Waals surface area contributed by atoms with Gasteiger partial charge in [-0.3, -0.25) is 5.32 Å². The number of benzene rings is 2. The lowest BCUT2D eigenvalue weighted by atomic mass is 9.81. The fourth-order valence-corrected chi connectivity index (χ4v) is 4.91. The third-order valence-corrected chi connectivity index (χ3v) is 7.17. The summed E-state index contributed by atoms with van der Waals surface area (Å²) in [6.45, 7) is 7.91. The van der Waals surface area contributed by atoms with E-state index in [0.717, 1.165) is 43.1 Å². The van der Waals surface area contributed by atoms with Crippen molar-refractivity contribution in [1.29, 1.82) is 0 Å². The third-order valence-electron chi connectivity index (χ3n) is 6.42. The van der Waals surface area contributed by atoms with Crippen molar-refractivity contribution < 1.29 is 9.53 Å². The Morgan fingerprint density at radius 1 is 1.20 bits per heavy atom. The summed E-state index contributed by atoms with van der Waals surface area (Å²) in [4.78, 5) is 19.6. The van der Waals surface area contributed by atoms with E-state index >= 15 is 0 Å². The quantitative estimate of drug-likeness (QED) is 0.429. The minimum absolute atomic E-state index is 0.151. The number of hydrogen-bond acceptors (Lipinski definition) is 6. The molecule has 35 heavy (non-hydrogen) atoms. The summed E-state index contributed by atoms with van der Waals surface area (Å²) in [6, 6.07) is 15.5. The molecule has 0 spiro atoms. The Kier molecular flexibility index (Phi) is 7.59. The molecule has 3 aromatic rings. The van der Waals surface area contributed by atoms with Crippen molar-refractivity contribution in [2.45, 2.75) is 25.3 Å². The van der Waals surface area contributed by atoms with Crippen molar-refractivity contribution in [2.24, 2.45) is 0 Å². The van der Waals surface area contributed by atoms with Crippen molar-refractivity contribution in [3.63, 3.8) is 0 Å². The number of ether oxygens (including phenoxy) is 1. The summed E-state index contributed by atoms with van der Waals surface area (Å²) < 4.78 is 5.24. The molecular weight excluding hydrogens is 458 g/mol. The zero-order chi connectivity index (χ0) is 24.8. The zero-order valence-corrected chi connectivity index (χ0v) is 21.1. The first-order chi connectivity index (χ1) is 16.9. The second kappa shape index (κ2) is 10.8. The van der Waals surface area contributed by atoms with Gasteiger partial charge in [0.1, 0.15) is 5.75 Å². The molecule has 0 bridgehead atoms. The van der Waals surface area contributed by atoms with E-state index in [1.807, 2.05) is 43.5 Å². The summed E-state index contributed by atoms with van der Waals surface area (Å²) in [7, 11) is 1.63. The van der Waals surface area contributed by atoms with Crippen LogP contribution >= 0.6 is 11.3 Å². The molecular formula is C27H31N5O2S. The van der Waals surface area contributed by atoms with Gasteiger partial charge < -0.3 is 20.3 Å². The van der Waals surface area contributed by atoms with Crippen LogP contribution in [0.15, 0.2) is 53.9 Å². The fraction of sp³-hybridized carbons (Fsp3) is 0.333. The van der Waals surface area contributed by atoms with Gasteiger partial charge in [-0.15, -0.1) is 17.8 Å². The van der Waals surface area contributed by atoms with Crippen molar-refractivity contribution >= 4 is 28.2 Å². The summed E-state index contributed by atoms with van der Waals surface area (Å²) >= 11 is 1.35. The maximum atomic E-state index is 12.7. The van der Waals surface area contributed by atoms with E-state index in [4.69, 9.17) is 11.2 Å². The lowest BCUT2D eigenvalue weighted by Crippen LogP contribution is -2.43. The van der Waals surface area contributed by atoms with Crippen LogP contribution in [0.25, 0.3) is 0 Å². The number of thiazole rings is 1. The number of nitrogens with one attached hydrogen (secondary N) is 3. The second-order valence-corrected chi connectivity index (χ2v) is 9.54. The normalized spacial score (nSPS) is 16.0. The van der Waals surface area contributed by atoms with E-state index < -0.39 is 5.41 Å². The summed E-state index contributed by atoms with van der Waals surface area (Å²) in [5.74, 6) is 3.63. The molecule has 1 fully saturated rings. The smallest absolute Gasteiger partial charge is 0.321 e. The molecule has 1 aromatic heterocycles. The van der Waals surface area contributed by atoms with Gasteiger partial charge in [0.15, 0.2) is 5.13 Å². The van der Waals surface area contributed by atoms with Crippen LogP contribution in [0.1, 0.15) is 36.7 Å². The molecule has 2 atom stereocenters. The van der Waals surface area contributed by atoms with Crippen LogP contribution in [0, 0.1) is 12.3 Å². The molecule has 182 valence electrons. The number of urea groups is 1. The van der Waals surface area contributed by atoms with Crippen LogP contribution in [0.5, 0.6) is 5.75 Å². The van der Waals surface area contributed by atoms with Crippen LogP contribution in [0.2, 0.25) is 0 Å². The van der Waals surface area contributed by atoms with Crippen molar-refractivity contribution in [3.05, 3.63) is 70.7 Å². The Labute approximate surface area is 210 Å². The van der Waals surface area contributed by atoms with E-state index in [-0.39, 0.29) is 12.1 Å². The maximum Gasteiger partial charge on any atom is 0.321 e. The minimum atomic E-state index is -0.724. The Bertz CT molecular complexity index is 1180. The van der Waals surface area contributed by atoms with Gasteiger partial charge in [0, 0.05) is 37.2 Å². The monoisotopic (exact) mass is 489 g/mol. The molecule has 4 rings (SSSR count). The van der Waals surface area contributed by atoms with Crippen LogP contribution in [0.3, 0.4) is 0 Å². The van der Waals surface area contributed by atoms with E-state index in [0.29, 0.717) is 10.8 Å². The number of hydrogen-bond donors (Lipinski definition) is 3. The molecule has 2 amide bonds. The van der Waals surface area contributed by atoms with Gasteiger partial charge >= 0.3 is 6.03 Å². The second-order valence-electron chi connectivity index (χ2n) is 8.68. The topological polar surface area (TPSA) is 78.5 Å². The number of nitrogens with zero attached hydrogens (tertiary/aromatic N) is 2. The van der Waals surface area contributed by atoms with Gasteiger partial charge in [0.25, 0.3) is 0 Å². The number of piperazine rings is 1. The highest BCUT2D eigenvalue weighted by molar-refractivity contribution is 7.14. The lowest BCUT2D eigenvalue weighted by molar-refractivity contribution is 0.249. The SMILES string of the molecule is C#C[C@@](C)(c1ccc(OC)cc1)c1csc(NC(=O)NC(C)c2ccc(N3CCNCC3)cc2)n1. The molecule has 0 radical (unpaired) electrons. The zero-order valence-electron chi connectivity index (χ0n) is 20.3. The number of carbonyl (C=O) groups excluding carboxylic acids is 1. The highest BCUT2D eigenvalue weighted by Gasteiger charge is 2.30. The Balaban J connectivity index is 1.38. The molecule has 7 nitrogen and oxygen atoms in total. The van der Waals surface area contributed by atoms with Gasteiger partial charge in [-0.1, -0.05) is 30.2 Å². The number of carbonyl (C=O) groups is 1. The van der Waals surface area contributed by atoms with E-state index in [1.165, 1.54) is 17.0 Å². The molecule has 1 aliphatic heterocycles. The Morgan fingerprint density at radius 2 is 1.89 bits per heavy atom. The van der Waals surface area contributed by atoms with Crippen molar-refractivity contribution in [2.75, 3.05) is 43.5 Å². The summed E-state index contributed by atoms with van der Waals surface area (Å²) in [5, 5.41) is 11.6. The van der Waals surface area contributed by atoms with Crippen molar-refractivity contribution in [1.82, 2.24) is 15.6 Å². The largest absolute Gasteiger partial charge is 0.497 e. The molecule has 0 saturated carbocycles. The number of methoxy groups -OCH3 is 1. The molecule has 3 N–H and O–H groups in total. The first-order valence-electron chi connectivity index (χ1n) is 11.6. The molecule has 8 heteroatoms. The summed E-state index contributed by atoms with van der Waals surface area (Å²) in [5.41, 5.74) is 3.16. The lowest BCUT2D eigenvalue weighted by Gasteiger charge is -2.29. The average molecular weight is 490 g/mol. The predicted octanol–water partition coefficient (Wildman–Crippen LogP) is 4.38. The van der Waals surface area contributed by atoms with Gasteiger partial charge in [-0.05, 0) is 49.2 Å². The van der Waals surface area contributed by atoms with Crippen LogP contribution < -0.4 is 25.6 Å². The number of aromatic nitrogens is 1. The minimum Gasteiger partial charge on any atom is -0.497 e. The third kappa shape index (κ3) is 5.59. The molecule has 1 saturated heterocycles. The first kappa shape index (κ1) is 24.6. The number of rotatable bonds is 7. The average Bonchev–Trinajstić information content (AvgIpc) is 3.37. The first-order valence-corrected chi connectivity index (χ1v) is 12.5. The standard InChI is InChI=1S/C27H31N5O2S/c1-5-27(3,21-8-12-23(34-4)13-9-21)24-18-35-26(30-24)31-25(33)29-19(2)20-6-10-22(11-7-20)32-16-14-28-15-17-32/h1,6-13,18-19,28H,14-17H2,2-4H3,(H2,29,30,31,33)/t19?,27-/m0/s1. The van der Waals surface area contributed by atoms with Crippen LogP contribution in [0.4, 0.5) is 15.6 Å². The van der Waals surface area contributed by atoms with Gasteiger partial charge in [-0.25, -0.2) is 9.78 Å². The number of amides is 2. The molecule has 2 heterocycles. The molecule has 1 aliphatic rings. The van der Waals surface area contributed by atoms with E-state index in [1.54, 1.807) is 7.11 Å². The van der Waals surface area contributed by atoms with E-state index in [2.05, 4.69) is 56.0 Å². The highest BCUT2D eigenvalue weighted by atomic mass is 32.1. The number of anilines is 2. The highest BCUT2D eigenvalue weighted by Crippen LogP contribution is 2.34. The molecule has 1 unspecified atom stereocenters. The van der Waals surface area contributed by atoms with Gasteiger partial charge in [0.2, 0.25) is 0 Å². The Hall–Kier alpha value is -3.54.